The summed E-state index contributed by atoms with van der Waals surface area (Å²) in [5.74, 6) is -1.45. The third-order valence-electron chi connectivity index (χ3n) is 9.16. The molecule has 0 saturated heterocycles. The van der Waals surface area contributed by atoms with E-state index in [2.05, 4.69) is 21.3 Å². The first kappa shape index (κ1) is 41.2. The zero-order valence-corrected chi connectivity index (χ0v) is 32.0. The number of ether oxygens (including phenoxy) is 3. The Kier molecular flexibility index (Phi) is 15.3. The van der Waals surface area contributed by atoms with E-state index in [1.807, 2.05) is 69.3 Å². The molecule has 4 atom stereocenters. The van der Waals surface area contributed by atoms with Crippen LogP contribution in [-0.4, -0.2) is 92.5 Å². The smallest absolute Gasteiger partial charge is 0.255 e. The van der Waals surface area contributed by atoms with Gasteiger partial charge in [0.15, 0.2) is 11.5 Å². The number of aryl methyl sites for hydroxylation is 1. The van der Waals surface area contributed by atoms with E-state index in [1.54, 1.807) is 38.3 Å². The van der Waals surface area contributed by atoms with Crippen molar-refractivity contribution in [3.05, 3.63) is 89.5 Å². The van der Waals surface area contributed by atoms with Gasteiger partial charge in [-0.2, -0.15) is 0 Å². The number of hydrogen-bond acceptors (Lipinski definition) is 8. The monoisotopic (exact) mass is 743 g/mol. The Morgan fingerprint density at radius 3 is 2.35 bits per heavy atom. The van der Waals surface area contributed by atoms with Crippen molar-refractivity contribution in [2.45, 2.75) is 77.5 Å². The first-order chi connectivity index (χ1) is 25.9. The Balaban J connectivity index is 1.61. The van der Waals surface area contributed by atoms with Gasteiger partial charge in [0.2, 0.25) is 23.6 Å². The molecule has 0 radical (unpaired) electrons. The molecule has 0 aliphatic carbocycles. The standard InChI is InChI=1S/C41H53N5O8/c1-7-53-34-20-19-29(23-35(34)52-6)16-13-21-42-39(49)31-24-36(47)46(5)32(22-28-14-9-8-10-15-28)40(50)45-37(26(2)3)41(51)43-27(4)25-54-33-18-12-11-17-30(33)38(48)44-31/h8-12,14-15,17-20,23,26-27,31-32,37H,7,13,16,21-22,24-25H2,1-6H3,(H,42,49)(H,43,51)(H,44,48)(H,45,50)/t27-,31-,32-,37+/m0/s1. The first-order valence-electron chi connectivity index (χ1n) is 18.4. The van der Waals surface area contributed by atoms with Crippen LogP contribution in [0.1, 0.15) is 62.0 Å². The van der Waals surface area contributed by atoms with Gasteiger partial charge in [-0.05, 0) is 68.0 Å². The van der Waals surface area contributed by atoms with Crippen LogP contribution in [0.2, 0.25) is 0 Å². The second kappa shape index (κ2) is 20.0. The highest BCUT2D eigenvalue weighted by atomic mass is 16.5. The van der Waals surface area contributed by atoms with Crippen LogP contribution in [0, 0.1) is 5.92 Å². The van der Waals surface area contributed by atoms with Gasteiger partial charge in [0.05, 0.1) is 31.7 Å². The quantitative estimate of drug-likeness (QED) is 0.217. The Labute approximate surface area is 317 Å². The number of para-hydroxylation sites is 1. The lowest BCUT2D eigenvalue weighted by atomic mass is 9.99. The van der Waals surface area contributed by atoms with Crippen molar-refractivity contribution in [2.24, 2.45) is 5.92 Å². The number of nitrogens with one attached hydrogen (secondary N) is 4. The maximum absolute atomic E-state index is 14.0. The van der Waals surface area contributed by atoms with Crippen LogP contribution in [-0.2, 0) is 32.0 Å². The number of fused-ring (bicyclic) bond motifs is 1. The molecule has 290 valence electrons. The highest BCUT2D eigenvalue weighted by molar-refractivity contribution is 6.01. The summed E-state index contributed by atoms with van der Waals surface area (Å²) in [4.78, 5) is 70.3. The highest BCUT2D eigenvalue weighted by Crippen LogP contribution is 2.28. The van der Waals surface area contributed by atoms with Gasteiger partial charge in [-0.15, -0.1) is 0 Å². The van der Waals surface area contributed by atoms with Crippen LogP contribution in [0.25, 0.3) is 0 Å². The zero-order valence-electron chi connectivity index (χ0n) is 32.0. The molecule has 54 heavy (non-hydrogen) atoms. The molecule has 0 aromatic heterocycles. The molecular weight excluding hydrogens is 690 g/mol. The van der Waals surface area contributed by atoms with Gasteiger partial charge in [-0.1, -0.05) is 62.4 Å². The lowest BCUT2D eigenvalue weighted by Crippen LogP contribution is -2.58. The summed E-state index contributed by atoms with van der Waals surface area (Å²) in [7, 11) is 3.06. The van der Waals surface area contributed by atoms with E-state index in [9.17, 15) is 24.0 Å². The largest absolute Gasteiger partial charge is 0.493 e. The molecule has 0 saturated carbocycles. The maximum Gasteiger partial charge on any atom is 0.255 e. The van der Waals surface area contributed by atoms with Crippen LogP contribution in [0.15, 0.2) is 72.8 Å². The van der Waals surface area contributed by atoms with Crippen LogP contribution in [0.4, 0.5) is 0 Å². The van der Waals surface area contributed by atoms with Crippen molar-refractivity contribution in [3.8, 4) is 17.2 Å². The highest BCUT2D eigenvalue weighted by Gasteiger charge is 2.35. The predicted molar refractivity (Wildman–Crippen MR) is 204 cm³/mol. The maximum atomic E-state index is 14.0. The number of carbonyl (C=O) groups is 5. The van der Waals surface area contributed by atoms with E-state index in [4.69, 9.17) is 14.2 Å². The van der Waals surface area contributed by atoms with Crippen molar-refractivity contribution >= 4 is 29.5 Å². The SMILES string of the molecule is CCOc1ccc(CCCNC(=O)[C@@H]2CC(=O)N(C)[C@@H](Cc3ccccc3)C(=O)N[C@H](C(C)C)C(=O)N[C@@H](C)COc3ccccc3C(=O)N2)cc1OC. The second-order valence-corrected chi connectivity index (χ2v) is 13.7. The molecule has 1 aliphatic heterocycles. The van der Waals surface area contributed by atoms with Crippen LogP contribution in [0.3, 0.4) is 0 Å². The topological polar surface area (TPSA) is 164 Å². The van der Waals surface area contributed by atoms with Gasteiger partial charge in [-0.25, -0.2) is 0 Å². The number of amides is 5. The fourth-order valence-corrected chi connectivity index (χ4v) is 6.10. The average molecular weight is 744 g/mol. The summed E-state index contributed by atoms with van der Waals surface area (Å²) in [6.45, 7) is 8.09. The van der Waals surface area contributed by atoms with Crippen LogP contribution in [0.5, 0.6) is 17.2 Å². The fraction of sp³-hybridized carbons (Fsp3) is 0.439. The summed E-state index contributed by atoms with van der Waals surface area (Å²) < 4.78 is 17.0. The summed E-state index contributed by atoms with van der Waals surface area (Å²) in [5, 5.41) is 11.4. The van der Waals surface area contributed by atoms with Crippen molar-refractivity contribution in [3.63, 3.8) is 0 Å². The number of likely N-dealkylation sites (N-methyl/N-ethyl adjacent to an activating group) is 1. The second-order valence-electron chi connectivity index (χ2n) is 13.7. The van der Waals surface area contributed by atoms with Gasteiger partial charge in [0, 0.05) is 20.0 Å². The minimum atomic E-state index is -1.28. The minimum absolute atomic E-state index is 0.0246. The molecule has 3 aromatic rings. The molecule has 0 spiro atoms. The summed E-state index contributed by atoms with van der Waals surface area (Å²) in [5.41, 5.74) is 1.94. The minimum Gasteiger partial charge on any atom is -0.493 e. The fourth-order valence-electron chi connectivity index (χ4n) is 6.10. The number of benzene rings is 3. The molecule has 4 rings (SSSR count). The molecule has 5 amide bonds. The number of carbonyl (C=O) groups excluding carboxylic acids is 5. The molecule has 13 nitrogen and oxygen atoms in total. The van der Waals surface area contributed by atoms with E-state index in [0.29, 0.717) is 30.9 Å². The average Bonchev–Trinajstić information content (AvgIpc) is 3.16. The van der Waals surface area contributed by atoms with E-state index in [0.717, 1.165) is 11.1 Å². The predicted octanol–water partition coefficient (Wildman–Crippen LogP) is 3.44. The van der Waals surface area contributed by atoms with E-state index in [1.165, 1.54) is 11.9 Å². The third-order valence-corrected chi connectivity index (χ3v) is 9.16. The van der Waals surface area contributed by atoms with Gasteiger partial charge < -0.3 is 40.4 Å². The summed E-state index contributed by atoms with van der Waals surface area (Å²) in [6, 6.07) is 17.7. The Morgan fingerprint density at radius 2 is 1.65 bits per heavy atom. The van der Waals surface area contributed by atoms with E-state index < -0.39 is 60.1 Å². The third kappa shape index (κ3) is 11.5. The lowest BCUT2D eigenvalue weighted by Gasteiger charge is -2.31. The lowest BCUT2D eigenvalue weighted by molar-refractivity contribution is -0.141. The van der Waals surface area contributed by atoms with Gasteiger partial charge in [0.25, 0.3) is 5.91 Å². The zero-order chi connectivity index (χ0) is 39.2. The molecule has 4 N–H and O–H groups in total. The Morgan fingerprint density at radius 1 is 0.926 bits per heavy atom. The number of nitrogens with zero attached hydrogens (tertiary/aromatic N) is 1. The van der Waals surface area contributed by atoms with Crippen molar-refractivity contribution in [1.29, 1.82) is 0 Å². The molecule has 0 bridgehead atoms. The molecule has 0 fully saturated rings. The normalized spacial score (nSPS) is 20.1. The van der Waals surface area contributed by atoms with Gasteiger partial charge >= 0.3 is 0 Å². The first-order valence-corrected chi connectivity index (χ1v) is 18.4. The van der Waals surface area contributed by atoms with Gasteiger partial charge in [-0.3, -0.25) is 24.0 Å². The summed E-state index contributed by atoms with van der Waals surface area (Å²) in [6.07, 6.45) is 0.903. The number of methoxy groups -OCH3 is 1. The van der Waals surface area contributed by atoms with E-state index >= 15 is 0 Å². The number of rotatable bonds is 11. The molecule has 1 aliphatic rings. The molecule has 1 heterocycles. The van der Waals surface area contributed by atoms with Crippen molar-refractivity contribution in [2.75, 3.05) is 33.9 Å². The van der Waals surface area contributed by atoms with Crippen LogP contribution < -0.4 is 35.5 Å². The molecule has 3 aromatic carbocycles. The van der Waals surface area contributed by atoms with Gasteiger partial charge in [0.1, 0.15) is 30.5 Å². The molecule has 13 heteroatoms. The Hall–Kier alpha value is -5.59. The van der Waals surface area contributed by atoms with Crippen molar-refractivity contribution in [1.82, 2.24) is 26.2 Å². The Bertz CT molecular complexity index is 1750. The molecular formula is C41H53N5O8. The van der Waals surface area contributed by atoms with Crippen molar-refractivity contribution < 1.29 is 38.2 Å². The van der Waals surface area contributed by atoms with E-state index in [-0.39, 0.29) is 36.8 Å². The summed E-state index contributed by atoms with van der Waals surface area (Å²) >= 11 is 0. The van der Waals surface area contributed by atoms with Crippen LogP contribution >= 0.6 is 0 Å². The number of hydrogen-bond donors (Lipinski definition) is 4. The molecule has 0 unspecified atom stereocenters.